The number of likely N-dealkylation sites (tertiary alicyclic amines) is 1. The SMILES string of the molecule is C=C(/C(=C/C)C(CC)=NC)N1CCC(C(C)(C)F)CC1.C=C(C)/C=C(/C)C=C(C)C.CC.CC.CC. The highest BCUT2D eigenvalue weighted by Crippen LogP contribution is 2.33. The molecule has 0 saturated carbocycles. The van der Waals surface area contributed by atoms with Crippen LogP contribution in [0.5, 0.6) is 0 Å². The van der Waals surface area contributed by atoms with Crippen molar-refractivity contribution in [2.24, 2.45) is 10.9 Å². The molecule has 0 radical (unpaired) electrons. The second-order valence-corrected chi connectivity index (χ2v) is 8.96. The van der Waals surface area contributed by atoms with Crippen molar-refractivity contribution in [2.45, 2.75) is 122 Å². The van der Waals surface area contributed by atoms with Crippen LogP contribution in [-0.2, 0) is 0 Å². The number of piperidine rings is 1. The van der Waals surface area contributed by atoms with E-state index in [4.69, 9.17) is 0 Å². The lowest BCUT2D eigenvalue weighted by Gasteiger charge is -2.39. The number of halogens is 1. The van der Waals surface area contributed by atoms with Gasteiger partial charge in [-0.05, 0) is 73.6 Å². The molecule has 1 saturated heterocycles. The first kappa shape index (κ1) is 41.2. The molecule has 1 heterocycles. The van der Waals surface area contributed by atoms with E-state index in [-0.39, 0.29) is 5.92 Å². The van der Waals surface area contributed by atoms with Gasteiger partial charge in [-0.1, -0.05) is 96.6 Å². The molecule has 0 atom stereocenters. The Morgan fingerprint density at radius 3 is 1.67 bits per heavy atom. The highest BCUT2D eigenvalue weighted by molar-refractivity contribution is 6.03. The summed E-state index contributed by atoms with van der Waals surface area (Å²) < 4.78 is 14.0. The van der Waals surface area contributed by atoms with E-state index >= 15 is 0 Å². The molecule has 3 heteroatoms. The molecule has 1 aliphatic heterocycles. The normalized spacial score (nSPS) is 14.3. The lowest BCUT2D eigenvalue weighted by molar-refractivity contribution is 0.0737. The Morgan fingerprint density at radius 2 is 1.39 bits per heavy atom. The molecule has 0 aromatic carbocycles. The highest BCUT2D eigenvalue weighted by atomic mass is 19.1. The summed E-state index contributed by atoms with van der Waals surface area (Å²) in [5.41, 5.74) is 5.89. The molecule has 0 bridgehead atoms. The molecule has 0 aromatic rings. The second kappa shape index (κ2) is 24.8. The number of nitrogens with zero attached hydrogens (tertiary/aromatic N) is 2. The van der Waals surface area contributed by atoms with Gasteiger partial charge >= 0.3 is 0 Å². The van der Waals surface area contributed by atoms with Crippen LogP contribution in [-0.4, -0.2) is 36.4 Å². The summed E-state index contributed by atoms with van der Waals surface area (Å²) in [6, 6.07) is 0. The van der Waals surface area contributed by atoms with Crippen LogP contribution in [0.3, 0.4) is 0 Å². The van der Waals surface area contributed by atoms with E-state index in [0.717, 1.165) is 54.9 Å². The third-order valence-corrected chi connectivity index (χ3v) is 5.35. The fourth-order valence-electron chi connectivity index (χ4n) is 3.86. The van der Waals surface area contributed by atoms with Crippen molar-refractivity contribution in [2.75, 3.05) is 20.1 Å². The van der Waals surface area contributed by atoms with Gasteiger partial charge in [-0.3, -0.25) is 4.99 Å². The predicted molar refractivity (Wildman–Crippen MR) is 168 cm³/mol. The van der Waals surface area contributed by atoms with Crippen LogP contribution in [0.15, 0.2) is 64.4 Å². The highest BCUT2D eigenvalue weighted by Gasteiger charge is 2.33. The number of rotatable bonds is 7. The average Bonchev–Trinajstić information content (AvgIpc) is 2.84. The summed E-state index contributed by atoms with van der Waals surface area (Å²) in [6.07, 6.45) is 9.00. The molecular weight excluding hydrogens is 443 g/mol. The zero-order chi connectivity index (χ0) is 29.5. The molecule has 2 nitrogen and oxygen atoms in total. The maximum atomic E-state index is 14.0. The van der Waals surface area contributed by atoms with Crippen LogP contribution < -0.4 is 0 Å². The molecule has 0 spiro atoms. The Balaban J connectivity index is -0.000000270. The van der Waals surface area contributed by atoms with Crippen molar-refractivity contribution in [1.29, 1.82) is 0 Å². The van der Waals surface area contributed by atoms with Crippen molar-refractivity contribution in [1.82, 2.24) is 4.90 Å². The van der Waals surface area contributed by atoms with Gasteiger partial charge in [0.15, 0.2) is 0 Å². The standard InChI is InChI=1S/C17H29FN2.C10H16.3C2H6/c1-7-15(16(8-2)19-6)13(3)20-11-9-14(10-12-20)17(4,5)18;1-8(2)6-10(5)7-9(3)4;3*1-2/h7,14H,3,8-12H2,1-2,4-6H3;6-7H,1H2,2-5H3;3*1-2H3/b15-7-,19-16?;10-6-;;;. The predicted octanol–water partition coefficient (Wildman–Crippen LogP) is 10.9. The molecule has 212 valence electrons. The summed E-state index contributed by atoms with van der Waals surface area (Å²) in [6.45, 7) is 37.6. The van der Waals surface area contributed by atoms with Crippen LogP contribution >= 0.6 is 0 Å². The smallest absolute Gasteiger partial charge is 0.108 e. The molecule has 0 aromatic heterocycles. The minimum absolute atomic E-state index is 0.158. The minimum atomic E-state index is -1.07. The molecular formula is C33H63FN2. The third-order valence-electron chi connectivity index (χ3n) is 5.35. The number of allylic oxidation sites excluding steroid dienone is 7. The Labute approximate surface area is 227 Å². The second-order valence-electron chi connectivity index (χ2n) is 8.96. The first-order valence-corrected chi connectivity index (χ1v) is 14.1. The van der Waals surface area contributed by atoms with Crippen molar-refractivity contribution in [3.63, 3.8) is 0 Å². The zero-order valence-corrected chi connectivity index (χ0v) is 27.0. The fraction of sp³-hybridized carbons (Fsp3) is 0.667. The molecule has 1 aliphatic rings. The molecule has 1 rings (SSSR count). The molecule has 0 aliphatic carbocycles. The monoisotopic (exact) mass is 506 g/mol. The fourth-order valence-corrected chi connectivity index (χ4v) is 3.86. The van der Waals surface area contributed by atoms with Gasteiger partial charge in [0.25, 0.3) is 0 Å². The molecule has 1 fully saturated rings. The van der Waals surface area contributed by atoms with Crippen LogP contribution in [0.25, 0.3) is 0 Å². The number of hydrogen-bond acceptors (Lipinski definition) is 2. The van der Waals surface area contributed by atoms with Gasteiger partial charge in [-0.15, -0.1) is 0 Å². The van der Waals surface area contributed by atoms with Gasteiger partial charge in [-0.2, -0.15) is 0 Å². The van der Waals surface area contributed by atoms with Gasteiger partial charge in [0.2, 0.25) is 0 Å². The van der Waals surface area contributed by atoms with Crippen LogP contribution in [0, 0.1) is 5.92 Å². The zero-order valence-electron chi connectivity index (χ0n) is 27.0. The summed E-state index contributed by atoms with van der Waals surface area (Å²) in [7, 11) is 1.83. The maximum absolute atomic E-state index is 14.0. The third kappa shape index (κ3) is 19.3. The summed E-state index contributed by atoms with van der Waals surface area (Å²) >= 11 is 0. The van der Waals surface area contributed by atoms with Crippen molar-refractivity contribution < 1.29 is 4.39 Å². The lowest BCUT2D eigenvalue weighted by atomic mass is 9.84. The van der Waals surface area contributed by atoms with Crippen molar-refractivity contribution in [3.8, 4) is 0 Å². The van der Waals surface area contributed by atoms with Gasteiger partial charge < -0.3 is 4.90 Å². The van der Waals surface area contributed by atoms with E-state index in [1.165, 1.54) is 11.1 Å². The maximum Gasteiger partial charge on any atom is 0.108 e. The first-order chi connectivity index (χ1) is 16.9. The largest absolute Gasteiger partial charge is 0.371 e. The molecule has 0 unspecified atom stereocenters. The lowest BCUT2D eigenvalue weighted by Crippen LogP contribution is -2.40. The Hall–Kier alpha value is -1.90. The molecule has 36 heavy (non-hydrogen) atoms. The quantitative estimate of drug-likeness (QED) is 0.247. The van der Waals surface area contributed by atoms with Gasteiger partial charge in [0.1, 0.15) is 5.67 Å². The summed E-state index contributed by atoms with van der Waals surface area (Å²) in [5.74, 6) is 0.158. The molecule has 0 amide bonds. The van der Waals surface area contributed by atoms with E-state index in [1.807, 2.05) is 62.4 Å². The van der Waals surface area contributed by atoms with Gasteiger partial charge in [0, 0.05) is 37.1 Å². The Kier molecular flexibility index (Phi) is 28.4. The first-order valence-electron chi connectivity index (χ1n) is 14.1. The number of aliphatic imine (C=N–C) groups is 1. The van der Waals surface area contributed by atoms with Gasteiger partial charge in [-0.25, -0.2) is 4.39 Å². The van der Waals surface area contributed by atoms with Crippen molar-refractivity contribution >= 4 is 5.71 Å². The summed E-state index contributed by atoms with van der Waals surface area (Å²) in [4.78, 5) is 6.62. The van der Waals surface area contributed by atoms with Gasteiger partial charge in [0.05, 0.1) is 0 Å². The Morgan fingerprint density at radius 1 is 0.944 bits per heavy atom. The van der Waals surface area contributed by atoms with E-state index in [2.05, 4.69) is 69.0 Å². The Bertz CT molecular complexity index is 688. The van der Waals surface area contributed by atoms with Crippen LogP contribution in [0.1, 0.15) is 116 Å². The number of alkyl halides is 1. The van der Waals surface area contributed by atoms with E-state index in [9.17, 15) is 4.39 Å². The average molecular weight is 507 g/mol. The molecule has 0 N–H and O–H groups in total. The van der Waals surface area contributed by atoms with Crippen LogP contribution in [0.2, 0.25) is 0 Å². The van der Waals surface area contributed by atoms with Crippen LogP contribution in [0.4, 0.5) is 4.39 Å². The van der Waals surface area contributed by atoms with E-state index < -0.39 is 5.67 Å². The topological polar surface area (TPSA) is 15.6 Å². The van der Waals surface area contributed by atoms with E-state index in [0.29, 0.717) is 0 Å². The van der Waals surface area contributed by atoms with E-state index in [1.54, 1.807) is 13.8 Å². The number of hydrogen-bond donors (Lipinski definition) is 0. The van der Waals surface area contributed by atoms with Crippen molar-refractivity contribution in [3.05, 3.63) is 59.4 Å². The summed E-state index contributed by atoms with van der Waals surface area (Å²) in [5, 5.41) is 0. The minimum Gasteiger partial charge on any atom is -0.371 e.